The molecule has 4 nitrogen and oxygen atoms in total. The Bertz CT molecular complexity index is 775. The van der Waals surface area contributed by atoms with Gasteiger partial charge < -0.3 is 5.73 Å². The summed E-state index contributed by atoms with van der Waals surface area (Å²) in [6, 6.07) is 12.4. The minimum Gasteiger partial charge on any atom is -0.324 e. The summed E-state index contributed by atoms with van der Waals surface area (Å²) in [5.74, 6) is 0. The number of aromatic nitrogens is 3. The van der Waals surface area contributed by atoms with Gasteiger partial charge >= 0.3 is 0 Å². The number of H-pyrrole nitrogens is 1. The van der Waals surface area contributed by atoms with Crippen LogP contribution in [0.1, 0.15) is 30.1 Å². The minimum absolute atomic E-state index is 0.135. The zero-order chi connectivity index (χ0) is 13.5. The van der Waals surface area contributed by atoms with Gasteiger partial charge in [0.15, 0.2) is 0 Å². The molecule has 100 valence electrons. The number of nitrogens with two attached hydrogens (primary N) is 1. The number of fused-ring (bicyclic) bond motifs is 2. The van der Waals surface area contributed by atoms with Crippen molar-refractivity contribution in [3.63, 3.8) is 0 Å². The van der Waals surface area contributed by atoms with Gasteiger partial charge in [-0.15, -0.1) is 0 Å². The molecule has 1 atom stereocenters. The number of aromatic amines is 1. The van der Waals surface area contributed by atoms with Gasteiger partial charge in [0.1, 0.15) is 5.69 Å². The Morgan fingerprint density at radius 2 is 2.05 bits per heavy atom. The van der Waals surface area contributed by atoms with Gasteiger partial charge in [-0.1, -0.05) is 24.3 Å². The molecule has 0 amide bonds. The number of hydrogen-bond acceptors (Lipinski definition) is 3. The molecule has 0 bridgehead atoms. The summed E-state index contributed by atoms with van der Waals surface area (Å²) in [4.78, 5) is 4.79. The van der Waals surface area contributed by atoms with Crippen LogP contribution in [0.5, 0.6) is 0 Å². The first-order chi connectivity index (χ1) is 9.83. The van der Waals surface area contributed by atoms with Crippen molar-refractivity contribution in [2.75, 3.05) is 0 Å². The third kappa shape index (κ3) is 1.72. The van der Waals surface area contributed by atoms with E-state index in [4.69, 9.17) is 10.7 Å². The number of nitrogens with zero attached hydrogens (tertiary/aromatic N) is 2. The molecule has 0 spiro atoms. The number of aryl methyl sites for hydroxylation is 1. The Morgan fingerprint density at radius 1 is 1.15 bits per heavy atom. The number of nitrogens with one attached hydrogen (secondary N) is 1. The van der Waals surface area contributed by atoms with Crippen LogP contribution < -0.4 is 5.73 Å². The van der Waals surface area contributed by atoms with Gasteiger partial charge in [-0.05, 0) is 37.0 Å². The van der Waals surface area contributed by atoms with Crippen molar-refractivity contribution >= 4 is 10.9 Å². The highest BCUT2D eigenvalue weighted by Crippen LogP contribution is 2.30. The van der Waals surface area contributed by atoms with Crippen molar-refractivity contribution in [2.24, 2.45) is 5.73 Å². The summed E-state index contributed by atoms with van der Waals surface area (Å²) < 4.78 is 0. The van der Waals surface area contributed by atoms with Crippen LogP contribution in [0.25, 0.3) is 22.3 Å². The fraction of sp³-hybridized carbons (Fsp3) is 0.250. The Morgan fingerprint density at radius 3 is 3.00 bits per heavy atom. The molecule has 0 aliphatic heterocycles. The van der Waals surface area contributed by atoms with Gasteiger partial charge in [0.25, 0.3) is 0 Å². The first-order valence-corrected chi connectivity index (χ1v) is 7.02. The summed E-state index contributed by atoms with van der Waals surface area (Å²) in [6.45, 7) is 0. The minimum atomic E-state index is 0.135. The topological polar surface area (TPSA) is 67.6 Å². The average Bonchev–Trinajstić information content (AvgIpc) is 2.91. The molecule has 3 aromatic rings. The predicted octanol–water partition coefficient (Wildman–Crippen LogP) is 2.96. The van der Waals surface area contributed by atoms with E-state index in [1.54, 1.807) is 0 Å². The van der Waals surface area contributed by atoms with Crippen LogP contribution in [-0.4, -0.2) is 15.2 Å². The van der Waals surface area contributed by atoms with Gasteiger partial charge in [-0.25, -0.2) is 0 Å². The van der Waals surface area contributed by atoms with Gasteiger partial charge in [0.05, 0.1) is 11.2 Å². The van der Waals surface area contributed by atoms with E-state index in [9.17, 15) is 0 Å². The van der Waals surface area contributed by atoms with Crippen LogP contribution in [-0.2, 0) is 6.42 Å². The maximum atomic E-state index is 6.14. The van der Waals surface area contributed by atoms with E-state index >= 15 is 0 Å². The lowest BCUT2D eigenvalue weighted by molar-refractivity contribution is 0.560. The normalized spacial score (nSPS) is 18.1. The van der Waals surface area contributed by atoms with Crippen LogP contribution in [0.4, 0.5) is 0 Å². The molecule has 2 heterocycles. The molecule has 0 saturated carbocycles. The summed E-state index contributed by atoms with van der Waals surface area (Å²) >= 11 is 0. The van der Waals surface area contributed by atoms with Crippen molar-refractivity contribution in [1.29, 1.82) is 0 Å². The van der Waals surface area contributed by atoms with Gasteiger partial charge in [-0.3, -0.25) is 10.1 Å². The summed E-state index contributed by atoms with van der Waals surface area (Å²) in [6.07, 6.45) is 3.19. The van der Waals surface area contributed by atoms with Crippen LogP contribution in [0.3, 0.4) is 0 Å². The van der Waals surface area contributed by atoms with E-state index in [1.807, 2.05) is 24.3 Å². The second-order valence-corrected chi connectivity index (χ2v) is 5.35. The van der Waals surface area contributed by atoms with Crippen molar-refractivity contribution in [1.82, 2.24) is 15.2 Å². The van der Waals surface area contributed by atoms with Crippen LogP contribution >= 0.6 is 0 Å². The van der Waals surface area contributed by atoms with Gasteiger partial charge in [-0.2, -0.15) is 5.10 Å². The number of rotatable bonds is 1. The molecule has 1 aliphatic rings. The number of hydrogen-bond donors (Lipinski definition) is 2. The zero-order valence-electron chi connectivity index (χ0n) is 11.1. The van der Waals surface area contributed by atoms with Crippen molar-refractivity contribution in [3.8, 4) is 11.4 Å². The fourth-order valence-electron chi connectivity index (χ4n) is 2.99. The zero-order valence-corrected chi connectivity index (χ0v) is 11.1. The lowest BCUT2D eigenvalue weighted by Gasteiger charge is -2.21. The van der Waals surface area contributed by atoms with Crippen LogP contribution in [0.15, 0.2) is 36.4 Å². The lowest BCUT2D eigenvalue weighted by atomic mass is 9.91. The predicted molar refractivity (Wildman–Crippen MR) is 79.2 cm³/mol. The molecule has 0 saturated heterocycles. The molecule has 2 aromatic heterocycles. The highest BCUT2D eigenvalue weighted by molar-refractivity contribution is 5.91. The van der Waals surface area contributed by atoms with E-state index < -0.39 is 0 Å². The molecule has 3 N–H and O–H groups in total. The number of para-hydroxylation sites is 1. The molecular weight excluding hydrogens is 248 g/mol. The molecule has 1 aromatic carbocycles. The average molecular weight is 264 g/mol. The van der Waals surface area contributed by atoms with Crippen LogP contribution in [0, 0.1) is 0 Å². The Hall–Kier alpha value is -2.20. The quantitative estimate of drug-likeness (QED) is 0.710. The Kier molecular flexibility index (Phi) is 2.57. The highest BCUT2D eigenvalue weighted by Gasteiger charge is 2.19. The van der Waals surface area contributed by atoms with E-state index in [1.165, 1.54) is 5.56 Å². The van der Waals surface area contributed by atoms with E-state index in [-0.39, 0.29) is 6.04 Å². The maximum Gasteiger partial charge on any atom is 0.118 e. The molecule has 4 heteroatoms. The van der Waals surface area contributed by atoms with E-state index in [0.29, 0.717) is 0 Å². The SMILES string of the molecule is NC1CCCc2nc(-c3n[nH]c4ccccc34)ccc21. The van der Waals surface area contributed by atoms with E-state index in [2.05, 4.69) is 22.3 Å². The molecule has 1 aliphatic carbocycles. The highest BCUT2D eigenvalue weighted by atomic mass is 15.1. The third-order valence-corrected chi connectivity index (χ3v) is 4.05. The number of pyridine rings is 1. The van der Waals surface area contributed by atoms with Gasteiger partial charge in [0.2, 0.25) is 0 Å². The molecule has 0 radical (unpaired) electrons. The molecule has 20 heavy (non-hydrogen) atoms. The first-order valence-electron chi connectivity index (χ1n) is 7.02. The fourth-order valence-corrected chi connectivity index (χ4v) is 2.99. The third-order valence-electron chi connectivity index (χ3n) is 4.05. The molecular formula is C16H16N4. The molecule has 1 unspecified atom stereocenters. The second-order valence-electron chi connectivity index (χ2n) is 5.35. The van der Waals surface area contributed by atoms with Crippen molar-refractivity contribution in [2.45, 2.75) is 25.3 Å². The second kappa shape index (κ2) is 4.42. The van der Waals surface area contributed by atoms with Crippen molar-refractivity contribution < 1.29 is 0 Å². The largest absolute Gasteiger partial charge is 0.324 e. The standard InChI is InChI=1S/C16H16N4/c17-12-5-3-7-13-10(12)8-9-15(18-13)16-11-4-1-2-6-14(11)19-20-16/h1-2,4,6,8-9,12H,3,5,7,17H2,(H,19,20). The molecule has 4 rings (SSSR count). The van der Waals surface area contributed by atoms with Gasteiger partial charge in [0, 0.05) is 17.1 Å². The smallest absolute Gasteiger partial charge is 0.118 e. The van der Waals surface area contributed by atoms with E-state index in [0.717, 1.165) is 47.2 Å². The molecule has 0 fully saturated rings. The first kappa shape index (κ1) is 11.6. The Balaban J connectivity index is 1.87. The lowest BCUT2D eigenvalue weighted by Crippen LogP contribution is -2.18. The number of benzene rings is 1. The Labute approximate surface area is 117 Å². The summed E-state index contributed by atoms with van der Waals surface area (Å²) in [5.41, 5.74) is 11.4. The van der Waals surface area contributed by atoms with Crippen molar-refractivity contribution in [3.05, 3.63) is 47.7 Å². The summed E-state index contributed by atoms with van der Waals surface area (Å²) in [7, 11) is 0. The maximum absolute atomic E-state index is 6.14. The monoisotopic (exact) mass is 264 g/mol. The van der Waals surface area contributed by atoms with Crippen LogP contribution in [0.2, 0.25) is 0 Å². The summed E-state index contributed by atoms with van der Waals surface area (Å²) in [5, 5.41) is 8.59.